The summed E-state index contributed by atoms with van der Waals surface area (Å²) in [6, 6.07) is 21.1. The Bertz CT molecular complexity index is 1220. The Hall–Kier alpha value is -3.29. The number of amides is 1. The van der Waals surface area contributed by atoms with Gasteiger partial charge in [-0.25, -0.2) is 4.98 Å². The molecule has 1 heterocycles. The van der Waals surface area contributed by atoms with E-state index in [9.17, 15) is 4.79 Å². The minimum atomic E-state index is -0.258. The van der Waals surface area contributed by atoms with Crippen molar-refractivity contribution in [1.82, 2.24) is 10.3 Å². The highest BCUT2D eigenvalue weighted by Crippen LogP contribution is 2.34. The summed E-state index contributed by atoms with van der Waals surface area (Å²) in [5.74, 6) is 0.360. The first kappa shape index (κ1) is 20.0. The van der Waals surface area contributed by atoms with Crippen LogP contribution in [0.2, 0.25) is 0 Å². The predicted molar refractivity (Wildman–Crippen MR) is 126 cm³/mol. The van der Waals surface area contributed by atoms with Crippen molar-refractivity contribution in [3.63, 3.8) is 0 Å². The van der Waals surface area contributed by atoms with Crippen molar-refractivity contribution in [3.8, 4) is 16.3 Å². The molecule has 0 unspecified atom stereocenters. The summed E-state index contributed by atoms with van der Waals surface area (Å²) >= 11 is 6.98. The number of aromatic nitrogens is 1. The molecule has 1 amide bonds. The number of hydrogen-bond acceptors (Lipinski definition) is 5. The van der Waals surface area contributed by atoms with Crippen molar-refractivity contribution >= 4 is 50.5 Å². The van der Waals surface area contributed by atoms with Gasteiger partial charge in [0.05, 0.1) is 23.0 Å². The highest BCUT2D eigenvalue weighted by Gasteiger charge is 2.14. The normalized spacial score (nSPS) is 10.6. The highest BCUT2D eigenvalue weighted by atomic mass is 32.1. The molecule has 0 saturated heterocycles. The first-order valence-electron chi connectivity index (χ1n) is 9.27. The molecule has 30 heavy (non-hydrogen) atoms. The number of fused-ring (bicyclic) bond motifs is 1. The van der Waals surface area contributed by atoms with E-state index in [1.54, 1.807) is 24.5 Å². The smallest absolute Gasteiger partial charge is 0.257 e. The lowest BCUT2D eigenvalue weighted by molar-refractivity contribution is 0.0977. The highest BCUT2D eigenvalue weighted by molar-refractivity contribution is 7.80. The Morgan fingerprint density at radius 3 is 2.60 bits per heavy atom. The fraction of sp³-hybridized carbons (Fsp3) is 0.0870. The average Bonchev–Trinajstić information content (AvgIpc) is 3.18. The second-order valence-corrected chi connectivity index (χ2v) is 8.06. The third-order valence-corrected chi connectivity index (χ3v) is 5.89. The molecule has 150 valence electrons. The number of methoxy groups -OCH3 is 1. The fourth-order valence-electron chi connectivity index (χ4n) is 3.09. The molecular weight excluding hydrogens is 414 g/mol. The number of thiocarbonyl (C=S) groups is 1. The number of nitrogens with one attached hydrogen (secondary N) is 2. The molecular formula is C23H19N3O2S2. The molecule has 7 heteroatoms. The summed E-state index contributed by atoms with van der Waals surface area (Å²) in [4.78, 5) is 17.2. The van der Waals surface area contributed by atoms with Gasteiger partial charge in [0.25, 0.3) is 5.91 Å². The molecule has 4 aromatic rings. The summed E-state index contributed by atoms with van der Waals surface area (Å²) < 4.78 is 6.58. The SMILES string of the molecule is COc1ccc(-c2nc3ccccc3s2)cc1NC(=S)NC(=O)c1ccccc1C. The van der Waals surface area contributed by atoms with Gasteiger partial charge >= 0.3 is 0 Å². The van der Waals surface area contributed by atoms with Crippen LogP contribution in [-0.2, 0) is 0 Å². The first-order valence-corrected chi connectivity index (χ1v) is 10.5. The zero-order chi connectivity index (χ0) is 21.1. The third-order valence-electron chi connectivity index (χ3n) is 4.61. The van der Waals surface area contributed by atoms with Gasteiger partial charge in [0.1, 0.15) is 10.8 Å². The second kappa shape index (κ2) is 8.61. The van der Waals surface area contributed by atoms with Crippen LogP contribution in [0.4, 0.5) is 5.69 Å². The monoisotopic (exact) mass is 433 g/mol. The first-order chi connectivity index (χ1) is 14.5. The number of carbonyl (C=O) groups is 1. The number of benzene rings is 3. The number of ether oxygens (including phenoxy) is 1. The van der Waals surface area contributed by atoms with E-state index in [0.717, 1.165) is 26.4 Å². The van der Waals surface area contributed by atoms with E-state index in [4.69, 9.17) is 21.9 Å². The molecule has 4 rings (SSSR count). The third kappa shape index (κ3) is 4.17. The molecule has 0 saturated carbocycles. The van der Waals surface area contributed by atoms with Crippen molar-refractivity contribution in [2.75, 3.05) is 12.4 Å². The minimum Gasteiger partial charge on any atom is -0.495 e. The van der Waals surface area contributed by atoms with E-state index in [1.807, 2.05) is 61.5 Å². The van der Waals surface area contributed by atoms with E-state index in [2.05, 4.69) is 16.7 Å². The van der Waals surface area contributed by atoms with Gasteiger partial charge in [-0.1, -0.05) is 30.3 Å². The number of para-hydroxylation sites is 1. The Labute approximate surface area is 183 Å². The molecule has 0 radical (unpaired) electrons. The molecule has 0 aliphatic heterocycles. The quantitative estimate of drug-likeness (QED) is 0.422. The van der Waals surface area contributed by atoms with Crippen LogP contribution >= 0.6 is 23.6 Å². The number of hydrogen-bond donors (Lipinski definition) is 2. The molecule has 3 aromatic carbocycles. The average molecular weight is 434 g/mol. The maximum atomic E-state index is 12.5. The van der Waals surface area contributed by atoms with Crippen LogP contribution in [0.15, 0.2) is 66.7 Å². The molecule has 2 N–H and O–H groups in total. The summed E-state index contributed by atoms with van der Waals surface area (Å²) in [6.45, 7) is 1.88. The van der Waals surface area contributed by atoms with E-state index < -0.39 is 0 Å². The standard InChI is InChI=1S/C23H19N3O2S2/c1-14-7-3-4-8-16(14)21(27)26-23(29)25-18-13-15(11-12-19(18)28-2)22-24-17-9-5-6-10-20(17)30-22/h3-13H,1-2H3,(H2,25,26,27,29). The zero-order valence-electron chi connectivity index (χ0n) is 16.4. The second-order valence-electron chi connectivity index (χ2n) is 6.62. The van der Waals surface area contributed by atoms with Crippen molar-refractivity contribution in [2.24, 2.45) is 0 Å². The molecule has 0 fully saturated rings. The lowest BCUT2D eigenvalue weighted by Gasteiger charge is -2.14. The van der Waals surface area contributed by atoms with Crippen LogP contribution in [0.1, 0.15) is 15.9 Å². The van der Waals surface area contributed by atoms with Gasteiger partial charge in [0, 0.05) is 11.1 Å². The molecule has 0 aliphatic rings. The van der Waals surface area contributed by atoms with Gasteiger partial charge in [0.2, 0.25) is 0 Å². The van der Waals surface area contributed by atoms with Gasteiger partial charge in [-0.3, -0.25) is 10.1 Å². The summed E-state index contributed by atoms with van der Waals surface area (Å²) in [5, 5.41) is 6.90. The van der Waals surface area contributed by atoms with E-state index in [-0.39, 0.29) is 11.0 Å². The van der Waals surface area contributed by atoms with Crippen LogP contribution < -0.4 is 15.4 Å². The Morgan fingerprint density at radius 1 is 1.07 bits per heavy atom. The molecule has 0 atom stereocenters. The van der Waals surface area contributed by atoms with Crippen molar-refractivity contribution in [3.05, 3.63) is 77.9 Å². The van der Waals surface area contributed by atoms with Gasteiger partial charge < -0.3 is 10.1 Å². The van der Waals surface area contributed by atoms with Gasteiger partial charge in [-0.2, -0.15) is 0 Å². The van der Waals surface area contributed by atoms with Gasteiger partial charge in [-0.05, 0) is 61.1 Å². The van der Waals surface area contributed by atoms with E-state index in [1.165, 1.54) is 0 Å². The number of rotatable bonds is 4. The van der Waals surface area contributed by atoms with Gasteiger partial charge in [-0.15, -0.1) is 11.3 Å². The van der Waals surface area contributed by atoms with Crippen molar-refractivity contribution < 1.29 is 9.53 Å². The number of aryl methyl sites for hydroxylation is 1. The summed E-state index contributed by atoms with van der Waals surface area (Å²) in [5.41, 5.74) is 4.02. The topological polar surface area (TPSA) is 63.2 Å². The Balaban J connectivity index is 1.57. The lowest BCUT2D eigenvalue weighted by atomic mass is 10.1. The van der Waals surface area contributed by atoms with Crippen LogP contribution in [0.5, 0.6) is 5.75 Å². The number of anilines is 1. The predicted octanol–water partition coefficient (Wildman–Crippen LogP) is 5.41. The number of thiazole rings is 1. The zero-order valence-corrected chi connectivity index (χ0v) is 18.1. The van der Waals surface area contributed by atoms with E-state index in [0.29, 0.717) is 17.0 Å². The molecule has 0 bridgehead atoms. The fourth-order valence-corrected chi connectivity index (χ4v) is 4.25. The van der Waals surface area contributed by atoms with Crippen LogP contribution in [0, 0.1) is 6.92 Å². The Kier molecular flexibility index (Phi) is 5.74. The van der Waals surface area contributed by atoms with Gasteiger partial charge in [0.15, 0.2) is 5.11 Å². The molecule has 5 nitrogen and oxygen atoms in total. The van der Waals surface area contributed by atoms with Crippen LogP contribution in [0.3, 0.4) is 0 Å². The largest absolute Gasteiger partial charge is 0.495 e. The summed E-state index contributed by atoms with van der Waals surface area (Å²) in [7, 11) is 1.59. The lowest BCUT2D eigenvalue weighted by Crippen LogP contribution is -2.34. The number of nitrogens with zero attached hydrogens (tertiary/aromatic N) is 1. The van der Waals surface area contributed by atoms with Crippen LogP contribution in [0.25, 0.3) is 20.8 Å². The Morgan fingerprint density at radius 2 is 1.83 bits per heavy atom. The number of carbonyl (C=O) groups excluding carboxylic acids is 1. The molecule has 1 aromatic heterocycles. The van der Waals surface area contributed by atoms with Crippen molar-refractivity contribution in [1.29, 1.82) is 0 Å². The van der Waals surface area contributed by atoms with Crippen molar-refractivity contribution in [2.45, 2.75) is 6.92 Å². The summed E-state index contributed by atoms with van der Waals surface area (Å²) in [6.07, 6.45) is 0. The minimum absolute atomic E-state index is 0.197. The maximum Gasteiger partial charge on any atom is 0.257 e. The maximum absolute atomic E-state index is 12.5. The molecule has 0 aliphatic carbocycles. The van der Waals surface area contributed by atoms with Crippen LogP contribution in [-0.4, -0.2) is 23.1 Å². The molecule has 0 spiro atoms. The van der Waals surface area contributed by atoms with E-state index >= 15 is 0 Å².